The van der Waals surface area contributed by atoms with Crippen molar-refractivity contribution in [2.75, 3.05) is 6.61 Å². The lowest BCUT2D eigenvalue weighted by molar-refractivity contribution is -0.145. The van der Waals surface area contributed by atoms with Crippen molar-refractivity contribution < 1.29 is 9.53 Å². The van der Waals surface area contributed by atoms with Gasteiger partial charge in [-0.05, 0) is 18.4 Å². The lowest BCUT2D eigenvalue weighted by Crippen LogP contribution is -2.34. The molecule has 0 unspecified atom stereocenters. The van der Waals surface area contributed by atoms with Gasteiger partial charge in [0.25, 0.3) is 0 Å². The Morgan fingerprint density at radius 1 is 1.16 bits per heavy atom. The Bertz CT molecular complexity index is 351. The number of ether oxygens (including phenoxy) is 1. The van der Waals surface area contributed by atoms with Crippen molar-refractivity contribution in [1.82, 2.24) is 0 Å². The Morgan fingerprint density at radius 3 is 2.53 bits per heavy atom. The monoisotopic (exact) mass is 263 g/mol. The lowest BCUT2D eigenvalue weighted by atomic mass is 10.1. The number of carbonyl (C=O) groups excluding carboxylic acids is 1. The molecule has 0 aromatic heterocycles. The van der Waals surface area contributed by atoms with Gasteiger partial charge in [0.15, 0.2) is 0 Å². The minimum Gasteiger partial charge on any atom is -0.465 e. The molecule has 0 bridgehead atoms. The van der Waals surface area contributed by atoms with Gasteiger partial charge in [-0.25, -0.2) is 0 Å². The Hall–Kier alpha value is -1.35. The fourth-order valence-corrected chi connectivity index (χ4v) is 1.94. The third-order valence-electron chi connectivity index (χ3n) is 3.09. The topological polar surface area (TPSA) is 52.3 Å². The summed E-state index contributed by atoms with van der Waals surface area (Å²) in [6, 6.07) is 9.22. The average Bonchev–Trinajstić information content (AvgIpc) is 2.43. The predicted molar refractivity (Wildman–Crippen MR) is 77.8 cm³/mol. The van der Waals surface area contributed by atoms with Crippen molar-refractivity contribution in [3.8, 4) is 0 Å². The maximum absolute atomic E-state index is 11.7. The van der Waals surface area contributed by atoms with Gasteiger partial charge in [-0.15, -0.1) is 0 Å². The summed E-state index contributed by atoms with van der Waals surface area (Å²) >= 11 is 0. The van der Waals surface area contributed by atoms with E-state index in [4.69, 9.17) is 10.5 Å². The molecule has 0 spiro atoms. The molecule has 0 aliphatic heterocycles. The summed E-state index contributed by atoms with van der Waals surface area (Å²) in [7, 11) is 0. The minimum absolute atomic E-state index is 0.292. The van der Waals surface area contributed by atoms with Crippen LogP contribution in [0.2, 0.25) is 0 Å². The number of unbranched alkanes of at least 4 members (excludes halogenated alkanes) is 4. The molecule has 0 fully saturated rings. The van der Waals surface area contributed by atoms with Crippen molar-refractivity contribution in [3.05, 3.63) is 35.9 Å². The maximum Gasteiger partial charge on any atom is 0.323 e. The molecule has 1 rings (SSSR count). The van der Waals surface area contributed by atoms with Gasteiger partial charge in [0.2, 0.25) is 0 Å². The van der Waals surface area contributed by atoms with Crippen LogP contribution >= 0.6 is 0 Å². The van der Waals surface area contributed by atoms with Crippen molar-refractivity contribution in [2.24, 2.45) is 5.73 Å². The van der Waals surface area contributed by atoms with Gasteiger partial charge in [-0.3, -0.25) is 4.79 Å². The fraction of sp³-hybridized carbons (Fsp3) is 0.562. The summed E-state index contributed by atoms with van der Waals surface area (Å²) in [4.78, 5) is 11.7. The van der Waals surface area contributed by atoms with Crippen molar-refractivity contribution in [2.45, 2.75) is 51.5 Å². The zero-order valence-corrected chi connectivity index (χ0v) is 11.8. The standard InChI is InChI=1S/C16H25NO2/c1-2-3-4-5-9-12-19-16(18)15(17)13-14-10-7-6-8-11-14/h6-8,10-11,15H,2-5,9,12-13,17H2,1H3/t15-/m0/s1. The number of hydrogen-bond donors (Lipinski definition) is 1. The van der Waals surface area contributed by atoms with Crippen LogP contribution in [0, 0.1) is 0 Å². The molecule has 0 radical (unpaired) electrons. The Kier molecular flexibility index (Phi) is 7.91. The molecular weight excluding hydrogens is 238 g/mol. The van der Waals surface area contributed by atoms with Gasteiger partial charge in [0.05, 0.1) is 6.61 Å². The highest BCUT2D eigenvalue weighted by Gasteiger charge is 2.15. The molecule has 0 saturated carbocycles. The van der Waals surface area contributed by atoms with Gasteiger partial charge in [-0.1, -0.05) is 62.9 Å². The number of esters is 1. The third kappa shape index (κ3) is 6.97. The molecule has 0 saturated heterocycles. The van der Waals surface area contributed by atoms with Gasteiger partial charge < -0.3 is 10.5 Å². The van der Waals surface area contributed by atoms with Crippen molar-refractivity contribution >= 4 is 5.97 Å². The van der Waals surface area contributed by atoms with E-state index in [1.807, 2.05) is 30.3 Å². The van der Waals surface area contributed by atoms with E-state index in [2.05, 4.69) is 6.92 Å². The normalized spacial score (nSPS) is 12.1. The van der Waals surface area contributed by atoms with E-state index in [1.165, 1.54) is 19.3 Å². The van der Waals surface area contributed by atoms with Crippen molar-refractivity contribution in [3.63, 3.8) is 0 Å². The molecular formula is C16H25NO2. The van der Waals surface area contributed by atoms with Gasteiger partial charge in [-0.2, -0.15) is 0 Å². The largest absolute Gasteiger partial charge is 0.465 e. The molecule has 3 nitrogen and oxygen atoms in total. The van der Waals surface area contributed by atoms with E-state index in [1.54, 1.807) is 0 Å². The maximum atomic E-state index is 11.7. The second-order valence-electron chi connectivity index (χ2n) is 4.88. The first kappa shape index (κ1) is 15.7. The number of hydrogen-bond acceptors (Lipinski definition) is 3. The fourth-order valence-electron chi connectivity index (χ4n) is 1.94. The number of carbonyl (C=O) groups is 1. The number of nitrogens with two attached hydrogens (primary N) is 1. The molecule has 0 aliphatic rings. The van der Waals surface area contributed by atoms with E-state index < -0.39 is 6.04 Å². The summed E-state index contributed by atoms with van der Waals surface area (Å²) in [5.74, 6) is -0.292. The van der Waals surface area contributed by atoms with E-state index in [-0.39, 0.29) is 5.97 Å². The first-order valence-corrected chi connectivity index (χ1v) is 7.20. The van der Waals surface area contributed by atoms with Crippen LogP contribution in [0.25, 0.3) is 0 Å². The molecule has 0 amide bonds. The highest BCUT2D eigenvalue weighted by Crippen LogP contribution is 2.05. The highest BCUT2D eigenvalue weighted by atomic mass is 16.5. The van der Waals surface area contributed by atoms with Gasteiger partial charge in [0.1, 0.15) is 6.04 Å². The quantitative estimate of drug-likeness (QED) is 0.550. The first-order valence-electron chi connectivity index (χ1n) is 7.20. The number of benzene rings is 1. The SMILES string of the molecule is CCCCCCCOC(=O)[C@@H](N)Cc1ccccc1. The summed E-state index contributed by atoms with van der Waals surface area (Å²) in [5.41, 5.74) is 6.90. The summed E-state index contributed by atoms with van der Waals surface area (Å²) in [5, 5.41) is 0. The summed E-state index contributed by atoms with van der Waals surface area (Å²) < 4.78 is 5.19. The lowest BCUT2D eigenvalue weighted by Gasteiger charge is -2.11. The molecule has 0 heterocycles. The molecule has 1 aromatic rings. The highest BCUT2D eigenvalue weighted by molar-refractivity contribution is 5.75. The first-order chi connectivity index (χ1) is 9.24. The van der Waals surface area contributed by atoms with E-state index in [0.29, 0.717) is 13.0 Å². The second kappa shape index (κ2) is 9.56. The average molecular weight is 263 g/mol. The Morgan fingerprint density at radius 2 is 1.84 bits per heavy atom. The third-order valence-corrected chi connectivity index (χ3v) is 3.09. The zero-order valence-electron chi connectivity index (χ0n) is 11.8. The van der Waals surface area contributed by atoms with E-state index in [9.17, 15) is 4.79 Å². The molecule has 0 aliphatic carbocycles. The van der Waals surface area contributed by atoms with Crippen LogP contribution < -0.4 is 5.73 Å². The van der Waals surface area contributed by atoms with Crippen molar-refractivity contribution in [1.29, 1.82) is 0 Å². The predicted octanol–water partition coefficient (Wildman–Crippen LogP) is 3.07. The molecule has 1 aromatic carbocycles. The van der Waals surface area contributed by atoms with Crippen LogP contribution in [0.3, 0.4) is 0 Å². The van der Waals surface area contributed by atoms with E-state index in [0.717, 1.165) is 18.4 Å². The summed E-state index contributed by atoms with van der Waals surface area (Å²) in [6.45, 7) is 2.67. The molecule has 3 heteroatoms. The smallest absolute Gasteiger partial charge is 0.323 e. The van der Waals surface area contributed by atoms with Crippen LogP contribution in [-0.2, 0) is 16.0 Å². The molecule has 19 heavy (non-hydrogen) atoms. The van der Waals surface area contributed by atoms with Gasteiger partial charge in [0, 0.05) is 0 Å². The molecule has 2 N–H and O–H groups in total. The Labute approximate surface area is 116 Å². The van der Waals surface area contributed by atoms with Crippen LogP contribution in [0.1, 0.15) is 44.6 Å². The van der Waals surface area contributed by atoms with E-state index >= 15 is 0 Å². The van der Waals surface area contributed by atoms with Gasteiger partial charge >= 0.3 is 5.97 Å². The number of rotatable bonds is 9. The Balaban J connectivity index is 2.15. The van der Waals surface area contributed by atoms with Crippen LogP contribution in [0.5, 0.6) is 0 Å². The molecule has 106 valence electrons. The van der Waals surface area contributed by atoms with Crippen LogP contribution in [0.15, 0.2) is 30.3 Å². The summed E-state index contributed by atoms with van der Waals surface area (Å²) in [6.07, 6.45) is 6.28. The minimum atomic E-state index is -0.557. The zero-order chi connectivity index (χ0) is 13.9. The van der Waals surface area contributed by atoms with Crippen LogP contribution in [0.4, 0.5) is 0 Å². The molecule has 1 atom stereocenters. The second-order valence-corrected chi connectivity index (χ2v) is 4.88. The van der Waals surface area contributed by atoms with Crippen LogP contribution in [-0.4, -0.2) is 18.6 Å².